The van der Waals surface area contributed by atoms with Gasteiger partial charge in [0.05, 0.1) is 12.0 Å². The molecular formula is C13H22N2O3. The summed E-state index contributed by atoms with van der Waals surface area (Å²) in [6.45, 7) is 4.17. The molecular weight excluding hydrogens is 232 g/mol. The first-order valence-electron chi connectivity index (χ1n) is 6.72. The number of likely N-dealkylation sites (tertiary alicyclic amines) is 1. The molecule has 0 spiro atoms. The Morgan fingerprint density at radius 3 is 2.78 bits per heavy atom. The lowest BCUT2D eigenvalue weighted by Crippen LogP contribution is -2.49. The zero-order chi connectivity index (χ0) is 13.2. The third-order valence-electron chi connectivity index (χ3n) is 3.94. The molecule has 0 aromatic heterocycles. The van der Waals surface area contributed by atoms with Crippen molar-refractivity contribution in [2.24, 2.45) is 11.3 Å². The van der Waals surface area contributed by atoms with E-state index in [1.165, 1.54) is 12.8 Å². The molecule has 1 saturated carbocycles. The standard InChI is InChI=1S/C13H22N2O3/c1-13(12(17)18)5-2-6-15(9-13)8-11(16)14-7-10-3-4-10/h10H,2-9H2,1H3,(H,14,16)(H,17,18). The Labute approximate surface area is 108 Å². The first-order valence-corrected chi connectivity index (χ1v) is 6.72. The van der Waals surface area contributed by atoms with Crippen LogP contribution < -0.4 is 5.32 Å². The maximum Gasteiger partial charge on any atom is 0.310 e. The Kier molecular flexibility index (Phi) is 3.90. The molecule has 2 rings (SSSR count). The molecule has 0 bridgehead atoms. The average molecular weight is 254 g/mol. The molecule has 1 amide bonds. The fourth-order valence-electron chi connectivity index (χ4n) is 2.49. The number of amides is 1. The summed E-state index contributed by atoms with van der Waals surface area (Å²) in [7, 11) is 0. The molecule has 1 atom stereocenters. The highest BCUT2D eigenvalue weighted by molar-refractivity contribution is 5.78. The van der Waals surface area contributed by atoms with Crippen LogP contribution in [0.1, 0.15) is 32.6 Å². The monoisotopic (exact) mass is 254 g/mol. The van der Waals surface area contributed by atoms with Crippen molar-refractivity contribution in [3.63, 3.8) is 0 Å². The number of carboxylic acids is 1. The first kappa shape index (κ1) is 13.3. The van der Waals surface area contributed by atoms with Gasteiger partial charge >= 0.3 is 5.97 Å². The van der Waals surface area contributed by atoms with Crippen LogP contribution in [-0.2, 0) is 9.59 Å². The number of hydrogen-bond donors (Lipinski definition) is 2. The van der Waals surface area contributed by atoms with Crippen molar-refractivity contribution in [1.29, 1.82) is 0 Å². The zero-order valence-corrected chi connectivity index (χ0v) is 10.9. The Balaban J connectivity index is 1.77. The van der Waals surface area contributed by atoms with Gasteiger partial charge in [0, 0.05) is 13.1 Å². The Morgan fingerprint density at radius 2 is 2.17 bits per heavy atom. The zero-order valence-electron chi connectivity index (χ0n) is 10.9. The van der Waals surface area contributed by atoms with E-state index in [-0.39, 0.29) is 5.91 Å². The van der Waals surface area contributed by atoms with Crippen LogP contribution in [0.3, 0.4) is 0 Å². The average Bonchev–Trinajstić information content (AvgIpc) is 3.10. The predicted molar refractivity (Wildman–Crippen MR) is 67.2 cm³/mol. The minimum absolute atomic E-state index is 0.0246. The van der Waals surface area contributed by atoms with Crippen molar-refractivity contribution in [1.82, 2.24) is 10.2 Å². The summed E-state index contributed by atoms with van der Waals surface area (Å²) in [4.78, 5) is 24.9. The summed E-state index contributed by atoms with van der Waals surface area (Å²) >= 11 is 0. The van der Waals surface area contributed by atoms with Gasteiger partial charge < -0.3 is 10.4 Å². The van der Waals surface area contributed by atoms with E-state index in [2.05, 4.69) is 5.32 Å². The number of nitrogens with zero attached hydrogens (tertiary/aromatic N) is 1. The van der Waals surface area contributed by atoms with Gasteiger partial charge in [-0.25, -0.2) is 0 Å². The van der Waals surface area contributed by atoms with E-state index < -0.39 is 11.4 Å². The second kappa shape index (κ2) is 5.26. The lowest BCUT2D eigenvalue weighted by atomic mass is 9.82. The molecule has 2 fully saturated rings. The first-order chi connectivity index (χ1) is 8.49. The van der Waals surface area contributed by atoms with Gasteiger partial charge in [-0.3, -0.25) is 14.5 Å². The minimum atomic E-state index is -0.759. The number of nitrogens with one attached hydrogen (secondary N) is 1. The number of rotatable bonds is 5. The van der Waals surface area contributed by atoms with E-state index in [0.29, 0.717) is 25.4 Å². The van der Waals surface area contributed by atoms with Gasteiger partial charge in [-0.15, -0.1) is 0 Å². The molecule has 0 aromatic carbocycles. The summed E-state index contributed by atoms with van der Waals surface area (Å²) in [6, 6.07) is 0. The number of aliphatic carboxylic acids is 1. The molecule has 1 saturated heterocycles. The van der Waals surface area contributed by atoms with E-state index in [1.807, 2.05) is 4.90 Å². The Morgan fingerprint density at radius 1 is 1.44 bits per heavy atom. The van der Waals surface area contributed by atoms with Crippen molar-refractivity contribution in [3.05, 3.63) is 0 Å². The van der Waals surface area contributed by atoms with E-state index in [0.717, 1.165) is 19.5 Å². The van der Waals surface area contributed by atoms with Gasteiger partial charge in [-0.05, 0) is 45.1 Å². The number of carboxylic acid groups (broad SMARTS) is 1. The molecule has 102 valence electrons. The highest BCUT2D eigenvalue weighted by atomic mass is 16.4. The highest BCUT2D eigenvalue weighted by Gasteiger charge is 2.38. The second-order valence-electron chi connectivity index (χ2n) is 5.93. The lowest BCUT2D eigenvalue weighted by Gasteiger charge is -2.37. The van der Waals surface area contributed by atoms with Crippen LogP contribution in [-0.4, -0.2) is 48.1 Å². The fraction of sp³-hybridized carbons (Fsp3) is 0.846. The van der Waals surface area contributed by atoms with Crippen LogP contribution in [0.5, 0.6) is 0 Å². The largest absolute Gasteiger partial charge is 0.481 e. The fourth-order valence-corrected chi connectivity index (χ4v) is 2.49. The Hall–Kier alpha value is -1.10. The Bertz CT molecular complexity index is 341. The molecule has 0 aromatic rings. The maximum absolute atomic E-state index is 11.7. The molecule has 1 unspecified atom stereocenters. The van der Waals surface area contributed by atoms with Crippen LogP contribution in [0.2, 0.25) is 0 Å². The smallest absolute Gasteiger partial charge is 0.310 e. The van der Waals surface area contributed by atoms with Crippen molar-refractivity contribution in [2.75, 3.05) is 26.2 Å². The topological polar surface area (TPSA) is 69.6 Å². The van der Waals surface area contributed by atoms with E-state index in [4.69, 9.17) is 0 Å². The van der Waals surface area contributed by atoms with Crippen molar-refractivity contribution in [2.45, 2.75) is 32.6 Å². The molecule has 5 nitrogen and oxygen atoms in total. The molecule has 1 heterocycles. The highest BCUT2D eigenvalue weighted by Crippen LogP contribution is 2.29. The van der Waals surface area contributed by atoms with Crippen LogP contribution in [0.4, 0.5) is 0 Å². The lowest BCUT2D eigenvalue weighted by molar-refractivity contribution is -0.151. The van der Waals surface area contributed by atoms with Crippen LogP contribution in [0.15, 0.2) is 0 Å². The third kappa shape index (κ3) is 3.45. The summed E-state index contributed by atoms with van der Waals surface area (Å²) in [5.74, 6) is -0.0540. The van der Waals surface area contributed by atoms with Crippen LogP contribution in [0, 0.1) is 11.3 Å². The van der Waals surface area contributed by atoms with Gasteiger partial charge in [0.15, 0.2) is 0 Å². The molecule has 2 N–H and O–H groups in total. The summed E-state index contributed by atoms with van der Waals surface area (Å²) in [5.41, 5.74) is -0.699. The molecule has 1 aliphatic carbocycles. The summed E-state index contributed by atoms with van der Waals surface area (Å²) in [5, 5.41) is 12.1. The second-order valence-corrected chi connectivity index (χ2v) is 5.93. The number of carbonyl (C=O) groups excluding carboxylic acids is 1. The van der Waals surface area contributed by atoms with Crippen molar-refractivity contribution < 1.29 is 14.7 Å². The predicted octanol–water partition coefficient (Wildman–Crippen LogP) is 0.699. The van der Waals surface area contributed by atoms with E-state index in [9.17, 15) is 14.7 Å². The van der Waals surface area contributed by atoms with E-state index in [1.54, 1.807) is 6.92 Å². The van der Waals surface area contributed by atoms with Crippen LogP contribution in [0.25, 0.3) is 0 Å². The molecule has 0 radical (unpaired) electrons. The normalized spacial score (nSPS) is 28.9. The molecule has 5 heteroatoms. The van der Waals surface area contributed by atoms with Crippen molar-refractivity contribution in [3.8, 4) is 0 Å². The van der Waals surface area contributed by atoms with E-state index >= 15 is 0 Å². The SMILES string of the molecule is CC1(C(=O)O)CCCN(CC(=O)NCC2CC2)C1. The summed E-state index contributed by atoms with van der Waals surface area (Å²) < 4.78 is 0. The van der Waals surface area contributed by atoms with Gasteiger partial charge in [0.25, 0.3) is 0 Å². The number of piperidine rings is 1. The molecule has 18 heavy (non-hydrogen) atoms. The van der Waals surface area contributed by atoms with Gasteiger partial charge in [-0.2, -0.15) is 0 Å². The molecule has 2 aliphatic rings. The number of hydrogen-bond acceptors (Lipinski definition) is 3. The van der Waals surface area contributed by atoms with Crippen molar-refractivity contribution >= 4 is 11.9 Å². The van der Waals surface area contributed by atoms with Gasteiger partial charge in [-0.1, -0.05) is 0 Å². The minimum Gasteiger partial charge on any atom is -0.481 e. The van der Waals surface area contributed by atoms with Gasteiger partial charge in [0.2, 0.25) is 5.91 Å². The number of carbonyl (C=O) groups is 2. The summed E-state index contributed by atoms with van der Waals surface area (Å²) in [6.07, 6.45) is 3.99. The third-order valence-corrected chi connectivity index (χ3v) is 3.94. The maximum atomic E-state index is 11.7. The van der Waals surface area contributed by atoms with Crippen LogP contribution >= 0.6 is 0 Å². The van der Waals surface area contributed by atoms with Gasteiger partial charge in [0.1, 0.15) is 0 Å². The molecule has 1 aliphatic heterocycles. The quantitative estimate of drug-likeness (QED) is 0.757.